The highest BCUT2D eigenvalue weighted by Gasteiger charge is 2.17. The normalized spacial score (nSPS) is 14.5. The molecule has 0 aliphatic heterocycles. The molecule has 3 heteroatoms. The summed E-state index contributed by atoms with van der Waals surface area (Å²) >= 11 is 0. The Morgan fingerprint density at radius 3 is 2.79 bits per heavy atom. The van der Waals surface area contributed by atoms with Gasteiger partial charge in [0.2, 0.25) is 0 Å². The zero-order valence-corrected chi connectivity index (χ0v) is 11.9. The maximum absolute atomic E-state index is 5.70. The van der Waals surface area contributed by atoms with Crippen molar-refractivity contribution in [2.75, 3.05) is 13.7 Å². The number of pyridine rings is 1. The lowest BCUT2D eigenvalue weighted by molar-refractivity contribution is 0.0497. The van der Waals surface area contributed by atoms with Gasteiger partial charge in [0.15, 0.2) is 0 Å². The fraction of sp³-hybridized carbons (Fsp3) is 0.438. The van der Waals surface area contributed by atoms with Crippen molar-refractivity contribution >= 4 is 10.9 Å². The van der Waals surface area contributed by atoms with Crippen LogP contribution in [0.4, 0.5) is 0 Å². The third-order valence-electron chi connectivity index (χ3n) is 3.55. The van der Waals surface area contributed by atoms with Gasteiger partial charge in [-0.05, 0) is 45.0 Å². The van der Waals surface area contributed by atoms with Crippen LogP contribution < -0.4 is 5.32 Å². The molecule has 1 aromatic carbocycles. The van der Waals surface area contributed by atoms with Crippen molar-refractivity contribution in [3.05, 3.63) is 42.1 Å². The van der Waals surface area contributed by atoms with Crippen LogP contribution in [0.2, 0.25) is 0 Å². The van der Waals surface area contributed by atoms with E-state index in [1.54, 1.807) is 0 Å². The Hall–Kier alpha value is -1.45. The summed E-state index contributed by atoms with van der Waals surface area (Å²) in [6.45, 7) is 4.90. The monoisotopic (exact) mass is 258 g/mol. The summed E-state index contributed by atoms with van der Waals surface area (Å²) in [5.74, 6) is 0. The van der Waals surface area contributed by atoms with Crippen molar-refractivity contribution in [3.63, 3.8) is 0 Å². The number of fused-ring (bicyclic) bond motifs is 1. The van der Waals surface area contributed by atoms with E-state index in [4.69, 9.17) is 4.74 Å². The first-order chi connectivity index (χ1) is 9.26. The summed E-state index contributed by atoms with van der Waals surface area (Å²) in [7, 11) is 1.99. The van der Waals surface area contributed by atoms with Crippen molar-refractivity contribution in [1.29, 1.82) is 0 Å². The summed E-state index contributed by atoms with van der Waals surface area (Å²) in [6, 6.07) is 10.7. The fourth-order valence-electron chi connectivity index (χ4n) is 2.45. The smallest absolute Gasteiger partial charge is 0.0704 e. The number of ether oxygens (including phenoxy) is 1. The SMILES string of the molecule is CCOC(C)C(Cc1ccnc2ccccc12)NC. The lowest BCUT2D eigenvalue weighted by atomic mass is 9.99. The third-order valence-corrected chi connectivity index (χ3v) is 3.55. The van der Waals surface area contributed by atoms with Crippen LogP contribution in [0.3, 0.4) is 0 Å². The molecule has 19 heavy (non-hydrogen) atoms. The van der Waals surface area contributed by atoms with Crippen LogP contribution in [0.25, 0.3) is 10.9 Å². The van der Waals surface area contributed by atoms with Crippen molar-refractivity contribution in [2.24, 2.45) is 0 Å². The molecule has 3 nitrogen and oxygen atoms in total. The number of nitrogens with one attached hydrogen (secondary N) is 1. The van der Waals surface area contributed by atoms with Crippen LogP contribution in [0.15, 0.2) is 36.5 Å². The minimum Gasteiger partial charge on any atom is -0.377 e. The molecule has 0 amide bonds. The minimum atomic E-state index is 0.196. The highest BCUT2D eigenvalue weighted by atomic mass is 16.5. The maximum Gasteiger partial charge on any atom is 0.0704 e. The minimum absolute atomic E-state index is 0.196. The molecule has 2 rings (SSSR count). The van der Waals surface area contributed by atoms with Gasteiger partial charge in [-0.2, -0.15) is 0 Å². The van der Waals surface area contributed by atoms with Crippen LogP contribution in [0.5, 0.6) is 0 Å². The number of likely N-dealkylation sites (N-methyl/N-ethyl adjacent to an activating group) is 1. The number of aromatic nitrogens is 1. The van der Waals surface area contributed by atoms with Crippen molar-refractivity contribution in [1.82, 2.24) is 10.3 Å². The van der Waals surface area contributed by atoms with Crippen molar-refractivity contribution in [3.8, 4) is 0 Å². The molecule has 0 radical (unpaired) electrons. The zero-order valence-electron chi connectivity index (χ0n) is 11.9. The number of para-hydroxylation sites is 1. The summed E-state index contributed by atoms with van der Waals surface area (Å²) in [6.07, 6.45) is 3.03. The molecule has 2 unspecified atom stereocenters. The lowest BCUT2D eigenvalue weighted by Gasteiger charge is -2.24. The van der Waals surface area contributed by atoms with Gasteiger partial charge < -0.3 is 10.1 Å². The zero-order chi connectivity index (χ0) is 13.7. The second-order valence-corrected chi connectivity index (χ2v) is 4.75. The topological polar surface area (TPSA) is 34.1 Å². The molecule has 1 heterocycles. The van der Waals surface area contributed by atoms with E-state index < -0.39 is 0 Å². The molecule has 0 saturated carbocycles. The highest BCUT2D eigenvalue weighted by molar-refractivity contribution is 5.81. The van der Waals surface area contributed by atoms with Gasteiger partial charge in [0.05, 0.1) is 11.6 Å². The van der Waals surface area contributed by atoms with Crippen molar-refractivity contribution in [2.45, 2.75) is 32.4 Å². The molecule has 1 N–H and O–H groups in total. The van der Waals surface area contributed by atoms with E-state index in [1.165, 1.54) is 10.9 Å². The number of benzene rings is 1. The van der Waals surface area contributed by atoms with Gasteiger partial charge in [0.25, 0.3) is 0 Å². The molecule has 2 atom stereocenters. The van der Waals surface area contributed by atoms with Crippen LogP contribution in [-0.4, -0.2) is 30.8 Å². The third kappa shape index (κ3) is 3.31. The second kappa shape index (κ2) is 6.64. The average Bonchev–Trinajstić information content (AvgIpc) is 2.45. The molecule has 0 saturated heterocycles. The average molecular weight is 258 g/mol. The lowest BCUT2D eigenvalue weighted by Crippen LogP contribution is -2.39. The Morgan fingerprint density at radius 1 is 1.26 bits per heavy atom. The van der Waals surface area contributed by atoms with Crippen LogP contribution in [-0.2, 0) is 11.2 Å². The molecule has 0 aliphatic carbocycles. The first kappa shape index (κ1) is 14.0. The van der Waals surface area contributed by atoms with E-state index in [0.29, 0.717) is 6.04 Å². The van der Waals surface area contributed by atoms with E-state index in [2.05, 4.69) is 41.5 Å². The highest BCUT2D eigenvalue weighted by Crippen LogP contribution is 2.18. The Balaban J connectivity index is 2.24. The van der Waals surface area contributed by atoms with Gasteiger partial charge in [-0.25, -0.2) is 0 Å². The predicted molar refractivity (Wildman–Crippen MR) is 79.4 cm³/mol. The summed E-state index contributed by atoms with van der Waals surface area (Å²) < 4.78 is 5.70. The molecule has 102 valence electrons. The van der Waals surface area contributed by atoms with E-state index in [1.807, 2.05) is 26.2 Å². The molecular formula is C16H22N2O. The van der Waals surface area contributed by atoms with Gasteiger partial charge >= 0.3 is 0 Å². The largest absolute Gasteiger partial charge is 0.377 e. The Morgan fingerprint density at radius 2 is 2.05 bits per heavy atom. The van der Waals surface area contributed by atoms with E-state index in [0.717, 1.165) is 18.5 Å². The fourth-order valence-corrected chi connectivity index (χ4v) is 2.45. The quantitative estimate of drug-likeness (QED) is 0.865. The second-order valence-electron chi connectivity index (χ2n) is 4.75. The van der Waals surface area contributed by atoms with Gasteiger partial charge in [0, 0.05) is 24.2 Å². The number of rotatable bonds is 6. The van der Waals surface area contributed by atoms with E-state index in [-0.39, 0.29) is 6.10 Å². The van der Waals surface area contributed by atoms with Gasteiger partial charge in [0.1, 0.15) is 0 Å². The number of nitrogens with zero attached hydrogens (tertiary/aromatic N) is 1. The van der Waals surface area contributed by atoms with E-state index >= 15 is 0 Å². The van der Waals surface area contributed by atoms with Crippen molar-refractivity contribution < 1.29 is 4.74 Å². The molecule has 0 fully saturated rings. The Labute approximate surface area is 115 Å². The number of hydrogen-bond donors (Lipinski definition) is 1. The number of hydrogen-bond acceptors (Lipinski definition) is 3. The maximum atomic E-state index is 5.70. The molecule has 1 aromatic heterocycles. The van der Waals surface area contributed by atoms with Crippen LogP contribution in [0, 0.1) is 0 Å². The summed E-state index contributed by atoms with van der Waals surface area (Å²) in [5.41, 5.74) is 2.37. The summed E-state index contributed by atoms with van der Waals surface area (Å²) in [5, 5.41) is 4.58. The Bertz CT molecular complexity index is 522. The predicted octanol–water partition coefficient (Wildman–Crippen LogP) is 2.79. The Kier molecular flexibility index (Phi) is 4.88. The first-order valence-corrected chi connectivity index (χ1v) is 6.87. The molecule has 0 spiro atoms. The standard InChI is InChI=1S/C16H22N2O/c1-4-19-12(2)16(17-3)11-13-9-10-18-15-8-6-5-7-14(13)15/h5-10,12,16-17H,4,11H2,1-3H3. The van der Waals surface area contributed by atoms with Crippen LogP contribution in [0.1, 0.15) is 19.4 Å². The van der Waals surface area contributed by atoms with E-state index in [9.17, 15) is 0 Å². The van der Waals surface area contributed by atoms with Gasteiger partial charge in [-0.3, -0.25) is 4.98 Å². The van der Waals surface area contributed by atoms with Gasteiger partial charge in [-0.15, -0.1) is 0 Å². The molecule has 2 aromatic rings. The van der Waals surface area contributed by atoms with Crippen LogP contribution >= 0.6 is 0 Å². The summed E-state index contributed by atoms with van der Waals surface area (Å²) in [4.78, 5) is 4.40. The molecule has 0 aliphatic rings. The molecule has 0 bridgehead atoms. The molecular weight excluding hydrogens is 236 g/mol. The van der Waals surface area contributed by atoms with Gasteiger partial charge in [-0.1, -0.05) is 18.2 Å². The first-order valence-electron chi connectivity index (χ1n) is 6.87.